The topological polar surface area (TPSA) is 14.1 Å². The summed E-state index contributed by atoms with van der Waals surface area (Å²) in [6.07, 6.45) is 3.69. The predicted octanol–water partition coefficient (Wildman–Crippen LogP) is 4.75. The molecule has 1 aliphatic rings. The van der Waals surface area contributed by atoms with Gasteiger partial charge in [-0.25, -0.2) is 0 Å². The molecule has 3 rings (SSSR count). The molecule has 1 aliphatic heterocycles. The van der Waals surface area contributed by atoms with Crippen LogP contribution in [-0.2, 0) is 20.1 Å². The van der Waals surface area contributed by atoms with Crippen LogP contribution >= 0.6 is 0 Å². The minimum absolute atomic E-state index is 0. The minimum Gasteiger partial charge on any atom is -0.657 e. The predicted molar refractivity (Wildman–Crippen MR) is 75.5 cm³/mol. The maximum atomic E-state index is 4.75. The van der Waals surface area contributed by atoms with Gasteiger partial charge in [0.05, 0.1) is 0 Å². The molecular formula is C17H17IrN-2. The third-order valence-corrected chi connectivity index (χ3v) is 3.54. The number of nitrogens with zero attached hydrogens (tertiary/aromatic N) is 1. The van der Waals surface area contributed by atoms with Gasteiger partial charge in [0.1, 0.15) is 0 Å². The van der Waals surface area contributed by atoms with Crippen molar-refractivity contribution >= 4 is 0 Å². The van der Waals surface area contributed by atoms with Crippen LogP contribution in [0.2, 0.25) is 0 Å². The first-order valence-electron chi connectivity index (χ1n) is 6.68. The molecule has 2 aromatic rings. The van der Waals surface area contributed by atoms with E-state index in [1.165, 1.54) is 36.0 Å². The van der Waals surface area contributed by atoms with Crippen LogP contribution < -0.4 is 0 Å². The molecule has 0 amide bonds. The Balaban J connectivity index is 0.00000133. The Hall–Kier alpha value is -0.951. The van der Waals surface area contributed by atoms with Gasteiger partial charge < -0.3 is 5.32 Å². The zero-order valence-corrected chi connectivity index (χ0v) is 13.2. The first-order valence-corrected chi connectivity index (χ1v) is 6.68. The van der Waals surface area contributed by atoms with Crippen LogP contribution in [0, 0.1) is 6.07 Å². The molecule has 0 saturated carbocycles. The average molecular weight is 428 g/mol. The second kappa shape index (κ2) is 7.00. The summed E-state index contributed by atoms with van der Waals surface area (Å²) in [4.78, 5) is 0. The van der Waals surface area contributed by atoms with E-state index in [0.717, 1.165) is 6.54 Å². The fraction of sp³-hybridized carbons (Fsp3) is 0.294. The summed E-state index contributed by atoms with van der Waals surface area (Å²) in [7, 11) is 0. The number of piperidine rings is 1. The molecule has 0 bridgehead atoms. The van der Waals surface area contributed by atoms with Crippen LogP contribution in [0.4, 0.5) is 0 Å². The van der Waals surface area contributed by atoms with Crippen molar-refractivity contribution in [3.05, 3.63) is 65.5 Å². The molecule has 1 atom stereocenters. The van der Waals surface area contributed by atoms with Gasteiger partial charge in [0, 0.05) is 20.1 Å². The molecule has 1 nitrogen and oxygen atoms in total. The Kier molecular flexibility index (Phi) is 5.33. The largest absolute Gasteiger partial charge is 0.657 e. The normalized spacial score (nSPS) is 18.6. The summed E-state index contributed by atoms with van der Waals surface area (Å²) in [6.45, 7) is 1.00. The molecule has 1 radical (unpaired) electrons. The molecule has 0 N–H and O–H groups in total. The van der Waals surface area contributed by atoms with Crippen molar-refractivity contribution in [2.24, 2.45) is 0 Å². The standard InChI is InChI=1S/C17H17N.Ir/c1-2-8-14(9-3-1)15-10-4-5-11-16(15)17-12-6-7-13-18-17;/h1-5,8-10,17H,6-7,12-13H2;/q-2;. The minimum atomic E-state index is 0. The molecule has 2 heteroatoms. The molecule has 1 unspecified atom stereocenters. The average Bonchev–Trinajstić information content (AvgIpc) is 2.49. The van der Waals surface area contributed by atoms with E-state index in [1.54, 1.807) is 0 Å². The summed E-state index contributed by atoms with van der Waals surface area (Å²) in [5.41, 5.74) is 3.82. The molecule has 0 aromatic heterocycles. The third kappa shape index (κ3) is 3.33. The Morgan fingerprint density at radius 1 is 1.00 bits per heavy atom. The first-order chi connectivity index (χ1) is 8.95. The van der Waals surface area contributed by atoms with E-state index < -0.39 is 0 Å². The van der Waals surface area contributed by atoms with Gasteiger partial charge in [-0.15, -0.1) is 18.2 Å². The van der Waals surface area contributed by atoms with Gasteiger partial charge in [0.25, 0.3) is 0 Å². The van der Waals surface area contributed by atoms with E-state index in [0.29, 0.717) is 6.04 Å². The van der Waals surface area contributed by atoms with E-state index in [2.05, 4.69) is 48.5 Å². The SMILES string of the molecule is [Ir].[c-]1cccc(-c2ccccc2)c1C1CCCC[N-]1. The number of rotatable bonds is 2. The zero-order valence-electron chi connectivity index (χ0n) is 10.8. The first kappa shape index (κ1) is 14.5. The molecule has 1 heterocycles. The molecular weight excluding hydrogens is 410 g/mol. The van der Waals surface area contributed by atoms with Gasteiger partial charge in [-0.05, 0) is 0 Å². The van der Waals surface area contributed by atoms with Crippen molar-refractivity contribution in [2.45, 2.75) is 25.3 Å². The van der Waals surface area contributed by atoms with Gasteiger partial charge in [-0.1, -0.05) is 55.2 Å². The summed E-state index contributed by atoms with van der Waals surface area (Å²) in [6, 6.07) is 20.6. The quantitative estimate of drug-likeness (QED) is 0.614. The fourth-order valence-corrected chi connectivity index (χ4v) is 2.62. The fourth-order valence-electron chi connectivity index (χ4n) is 2.62. The van der Waals surface area contributed by atoms with E-state index >= 15 is 0 Å². The summed E-state index contributed by atoms with van der Waals surface area (Å²) < 4.78 is 0. The van der Waals surface area contributed by atoms with Crippen molar-refractivity contribution in [1.29, 1.82) is 0 Å². The van der Waals surface area contributed by atoms with Crippen molar-refractivity contribution in [2.75, 3.05) is 6.54 Å². The molecule has 2 aromatic carbocycles. The monoisotopic (exact) mass is 428 g/mol. The van der Waals surface area contributed by atoms with E-state index in [4.69, 9.17) is 5.32 Å². The van der Waals surface area contributed by atoms with Crippen LogP contribution in [0.1, 0.15) is 30.9 Å². The molecule has 101 valence electrons. The van der Waals surface area contributed by atoms with E-state index in [-0.39, 0.29) is 20.1 Å². The van der Waals surface area contributed by atoms with E-state index in [1.807, 2.05) is 6.07 Å². The van der Waals surface area contributed by atoms with Crippen LogP contribution in [0.3, 0.4) is 0 Å². The third-order valence-electron chi connectivity index (χ3n) is 3.54. The van der Waals surface area contributed by atoms with Crippen LogP contribution in [0.25, 0.3) is 16.4 Å². The van der Waals surface area contributed by atoms with Crippen molar-refractivity contribution in [1.82, 2.24) is 0 Å². The summed E-state index contributed by atoms with van der Waals surface area (Å²) >= 11 is 0. The Labute approximate surface area is 128 Å². The second-order valence-electron chi connectivity index (χ2n) is 4.78. The van der Waals surface area contributed by atoms with Gasteiger partial charge >= 0.3 is 0 Å². The Morgan fingerprint density at radius 3 is 2.58 bits per heavy atom. The maximum Gasteiger partial charge on any atom is 0 e. The van der Waals surface area contributed by atoms with Crippen LogP contribution in [-0.4, -0.2) is 6.54 Å². The van der Waals surface area contributed by atoms with Gasteiger partial charge in [0.15, 0.2) is 0 Å². The number of hydrogen-bond acceptors (Lipinski definition) is 0. The molecule has 19 heavy (non-hydrogen) atoms. The van der Waals surface area contributed by atoms with Gasteiger partial charge in [-0.3, -0.25) is 0 Å². The van der Waals surface area contributed by atoms with Crippen molar-refractivity contribution in [3.8, 4) is 11.1 Å². The van der Waals surface area contributed by atoms with Crippen molar-refractivity contribution < 1.29 is 20.1 Å². The zero-order chi connectivity index (χ0) is 12.2. The van der Waals surface area contributed by atoms with Gasteiger partial charge in [-0.2, -0.15) is 29.8 Å². The molecule has 0 spiro atoms. The number of hydrogen-bond donors (Lipinski definition) is 0. The smallest absolute Gasteiger partial charge is 0 e. The van der Waals surface area contributed by atoms with Gasteiger partial charge in [0.2, 0.25) is 0 Å². The Morgan fingerprint density at radius 2 is 1.84 bits per heavy atom. The summed E-state index contributed by atoms with van der Waals surface area (Å²) in [5.74, 6) is 0. The van der Waals surface area contributed by atoms with Crippen molar-refractivity contribution in [3.63, 3.8) is 0 Å². The summed E-state index contributed by atoms with van der Waals surface area (Å²) in [5, 5.41) is 4.75. The Bertz CT molecular complexity index is 504. The van der Waals surface area contributed by atoms with E-state index in [9.17, 15) is 0 Å². The van der Waals surface area contributed by atoms with Crippen LogP contribution in [0.15, 0.2) is 48.5 Å². The second-order valence-corrected chi connectivity index (χ2v) is 4.78. The number of benzene rings is 2. The molecule has 1 fully saturated rings. The maximum absolute atomic E-state index is 4.75. The molecule has 0 aliphatic carbocycles. The molecule has 1 saturated heterocycles. The van der Waals surface area contributed by atoms with Crippen LogP contribution in [0.5, 0.6) is 0 Å².